The van der Waals surface area contributed by atoms with Crippen molar-refractivity contribution in [1.82, 2.24) is 65.4 Å². The maximum Gasteiger partial charge on any atom is 0.317 e. The summed E-state index contributed by atoms with van der Waals surface area (Å²) in [6.07, 6.45) is 17.3. The highest BCUT2D eigenvalue weighted by molar-refractivity contribution is 8.00. The number of thioether (sulfide) groups is 1. The molecule has 0 aromatic rings. The number of carbonyl (C=O) groups excluding carboxylic acids is 3. The number of unbranched alkanes of at least 4 members (excludes halogenated alkanes) is 5. The quantitative estimate of drug-likeness (QED) is 0.0298. The fourth-order valence-electron chi connectivity index (χ4n) is 14.6. The lowest BCUT2D eigenvalue weighted by Gasteiger charge is -2.40. The average Bonchev–Trinajstić information content (AvgIpc) is 1.68. The molecule has 6 aliphatic rings. The molecule has 2 aliphatic carbocycles. The first-order valence-corrected chi connectivity index (χ1v) is 35.6. The van der Waals surface area contributed by atoms with Gasteiger partial charge in [-0.3, -0.25) is 68.0 Å². The van der Waals surface area contributed by atoms with Gasteiger partial charge < -0.3 is 67.0 Å². The van der Waals surface area contributed by atoms with Gasteiger partial charge in [0.2, 0.25) is 11.8 Å². The van der Waals surface area contributed by atoms with Gasteiger partial charge in [0.1, 0.15) is 0 Å². The molecule has 5 atom stereocenters. The molecule has 92 heavy (non-hydrogen) atoms. The monoisotopic (exact) mass is 1330 g/mol. The van der Waals surface area contributed by atoms with E-state index in [0.717, 1.165) is 135 Å². The molecule has 4 saturated heterocycles. The predicted octanol–water partition coefficient (Wildman–Crippen LogP) is 0.193. The van der Waals surface area contributed by atoms with E-state index in [1.165, 1.54) is 0 Å². The maximum atomic E-state index is 13.3. The van der Waals surface area contributed by atoms with E-state index in [0.29, 0.717) is 123 Å². The van der Waals surface area contributed by atoms with Crippen molar-refractivity contribution in [3.8, 4) is 0 Å². The van der Waals surface area contributed by atoms with Gasteiger partial charge >= 0.3 is 29.9 Å². The highest BCUT2D eigenvalue weighted by Crippen LogP contribution is 2.34. The van der Waals surface area contributed by atoms with E-state index in [9.17, 15) is 74.4 Å². The summed E-state index contributed by atoms with van der Waals surface area (Å²) in [5, 5.41) is 92.9. The maximum absolute atomic E-state index is 13.3. The summed E-state index contributed by atoms with van der Waals surface area (Å²) < 4.78 is 0. The first-order valence-electron chi connectivity index (χ1n) is 34.5. The molecule has 6 fully saturated rings. The number of aliphatic hydroxyl groups excluding tert-OH is 4. The molecule has 4 heterocycles. The zero-order valence-electron chi connectivity index (χ0n) is 54.8. The van der Waals surface area contributed by atoms with Gasteiger partial charge in [0.05, 0.1) is 65.2 Å². The van der Waals surface area contributed by atoms with Crippen LogP contribution >= 0.6 is 11.8 Å². The van der Waals surface area contributed by atoms with Crippen LogP contribution in [0.2, 0.25) is 0 Å². The summed E-state index contributed by atoms with van der Waals surface area (Å²) in [5.41, 5.74) is 0. The number of aliphatic hydroxyl groups is 4. The Balaban J connectivity index is 0.918. The van der Waals surface area contributed by atoms with E-state index in [1.807, 2.05) is 51.0 Å². The molecule has 4 amide bonds. The molecular formula is C63H115N13O15S. The van der Waals surface area contributed by atoms with E-state index in [-0.39, 0.29) is 119 Å². The Kier molecular flexibility index (Phi) is 35.5. The lowest BCUT2D eigenvalue weighted by Crippen LogP contribution is -2.53. The average molecular weight is 1330 g/mol. The van der Waals surface area contributed by atoms with E-state index in [4.69, 9.17) is 0 Å². The third kappa shape index (κ3) is 29.1. The molecule has 29 heteroatoms. The van der Waals surface area contributed by atoms with Crippen molar-refractivity contribution >= 4 is 53.5 Å². The van der Waals surface area contributed by atoms with Crippen LogP contribution in [0.25, 0.3) is 0 Å². The van der Waals surface area contributed by atoms with Crippen molar-refractivity contribution in [1.29, 1.82) is 0 Å². The van der Waals surface area contributed by atoms with Gasteiger partial charge in [-0.2, -0.15) is 11.8 Å². The van der Waals surface area contributed by atoms with Crippen LogP contribution in [0.5, 0.6) is 0 Å². The number of fused-ring (bicyclic) bond motifs is 1. The number of nitrogens with one attached hydrogen (secondary N) is 4. The van der Waals surface area contributed by atoms with Gasteiger partial charge in [0.25, 0.3) is 0 Å². The zero-order chi connectivity index (χ0) is 66.2. The molecule has 28 nitrogen and oxygen atoms in total. The van der Waals surface area contributed by atoms with Crippen LogP contribution in [0.15, 0.2) is 0 Å². The van der Waals surface area contributed by atoms with Crippen molar-refractivity contribution in [2.45, 2.75) is 176 Å². The molecule has 0 aromatic carbocycles. The number of carboxylic acids is 4. The Labute approximate surface area is 549 Å². The molecule has 4 aliphatic heterocycles. The Morgan fingerprint density at radius 1 is 0.457 bits per heavy atom. The first-order chi connectivity index (χ1) is 44.4. The number of nitrogens with zero attached hydrogens (tertiary/aromatic N) is 9. The number of carbonyl (C=O) groups is 7. The highest BCUT2D eigenvalue weighted by Gasteiger charge is 2.43. The minimum absolute atomic E-state index is 0.0507. The van der Waals surface area contributed by atoms with Gasteiger partial charge in [-0.25, -0.2) is 4.79 Å². The van der Waals surface area contributed by atoms with E-state index in [1.54, 1.807) is 0 Å². The van der Waals surface area contributed by atoms with Crippen molar-refractivity contribution in [2.75, 3.05) is 170 Å². The SMILES string of the molecule is O=C(O)CN1CCN(CO)CCN(CO)CCN(CC(=O)O)C(CC2CCC(NC(=O)CCCCCN(CCCCCC(=O)NC3CCC(CC4CN(CC(=O)O)CCN(CO)CCN(CO)CCN4CC(=O)O)CC3)CCCCC3SCC4NC(=O)NC43)CC2)C1. The van der Waals surface area contributed by atoms with E-state index in [2.05, 4.69) is 26.2 Å². The topological polar surface area (TPSA) is 359 Å². The van der Waals surface area contributed by atoms with Crippen molar-refractivity contribution in [2.24, 2.45) is 11.8 Å². The fourth-order valence-corrected chi connectivity index (χ4v) is 16.2. The minimum Gasteiger partial charge on any atom is -0.480 e. The van der Waals surface area contributed by atoms with Crippen LogP contribution < -0.4 is 21.3 Å². The highest BCUT2D eigenvalue weighted by atomic mass is 32.2. The summed E-state index contributed by atoms with van der Waals surface area (Å²) in [6, 6.07) is -0.0877. The third-order valence-electron chi connectivity index (χ3n) is 20.0. The van der Waals surface area contributed by atoms with Crippen LogP contribution in [0.3, 0.4) is 0 Å². The molecule has 0 aromatic heterocycles. The number of rotatable bonds is 35. The third-order valence-corrected chi connectivity index (χ3v) is 21.6. The lowest BCUT2D eigenvalue weighted by molar-refractivity contribution is -0.141. The first kappa shape index (κ1) is 76.9. The van der Waals surface area contributed by atoms with Crippen LogP contribution in [0.4, 0.5) is 4.79 Å². The Bertz CT molecular complexity index is 2080. The lowest BCUT2D eigenvalue weighted by atomic mass is 9.81. The molecule has 2 saturated carbocycles. The summed E-state index contributed by atoms with van der Waals surface area (Å²) in [5.74, 6) is -2.34. The van der Waals surface area contributed by atoms with Gasteiger partial charge in [0, 0.05) is 140 Å². The van der Waals surface area contributed by atoms with Gasteiger partial charge in [0.15, 0.2) is 0 Å². The van der Waals surface area contributed by atoms with Crippen molar-refractivity contribution < 1.29 is 74.4 Å². The molecule has 528 valence electrons. The van der Waals surface area contributed by atoms with Crippen LogP contribution in [0.1, 0.15) is 135 Å². The number of carboxylic acid groups (broad SMARTS) is 4. The van der Waals surface area contributed by atoms with Gasteiger partial charge in [-0.15, -0.1) is 0 Å². The molecule has 0 spiro atoms. The van der Waals surface area contributed by atoms with Gasteiger partial charge in [-0.1, -0.05) is 19.3 Å². The predicted molar refractivity (Wildman–Crippen MR) is 349 cm³/mol. The minimum atomic E-state index is -0.974. The molecule has 0 bridgehead atoms. The fraction of sp³-hybridized carbons (Fsp3) is 0.889. The number of aliphatic carboxylic acids is 4. The summed E-state index contributed by atoms with van der Waals surface area (Å²) in [7, 11) is 0. The standard InChI is InChI=1S/C63H115N13O15S/c77-44-69-23-25-71(46-79)31-33-75(41-60(87)88)52(37-73(29-27-69)39-58(83)84)35-48-12-16-50(17-13-48)64-56(81)10-3-1-6-20-68(22-8-5-9-55-62-54(43-92-55)66-63(91)67-62)21-7-2-4-11-57(82)65-51-18-14-49(15-19-51)36-53-38-74(40-59(85)86)30-28-70(45-78)24-26-72(47-80)32-34-76(53)42-61(89)90/h48-55,62,77-80H,1-47H2,(H,64,81)(H,65,82)(H,83,84)(H,85,86)(H,87,88)(H,89,90)(H2,66,67,91). The molecule has 5 unspecified atom stereocenters. The molecule has 6 rings (SSSR count). The second-order valence-electron chi connectivity index (χ2n) is 27.0. The Hall–Kier alpha value is -4.08. The Morgan fingerprint density at radius 3 is 1.21 bits per heavy atom. The number of hydrogen-bond donors (Lipinski definition) is 12. The van der Waals surface area contributed by atoms with Gasteiger partial charge in [-0.05, 0) is 134 Å². The molecule has 12 N–H and O–H groups in total. The van der Waals surface area contributed by atoms with Crippen LogP contribution in [-0.4, -0.2) is 338 Å². The largest absolute Gasteiger partial charge is 0.480 e. The zero-order valence-corrected chi connectivity index (χ0v) is 55.6. The second kappa shape index (κ2) is 42.5. The van der Waals surface area contributed by atoms with Crippen molar-refractivity contribution in [3.63, 3.8) is 0 Å². The summed E-state index contributed by atoms with van der Waals surface area (Å²) in [4.78, 5) is 104. The normalized spacial score (nSPS) is 27.4. The smallest absolute Gasteiger partial charge is 0.317 e. The van der Waals surface area contributed by atoms with E-state index < -0.39 is 23.9 Å². The molecule has 0 radical (unpaired) electrons. The number of hydrogen-bond acceptors (Lipinski definition) is 21. The van der Waals surface area contributed by atoms with Crippen LogP contribution in [-0.2, 0) is 28.8 Å². The van der Waals surface area contributed by atoms with Crippen molar-refractivity contribution in [3.05, 3.63) is 0 Å². The number of amides is 4. The van der Waals surface area contributed by atoms with E-state index >= 15 is 0 Å². The molecular weight excluding hydrogens is 1210 g/mol. The van der Waals surface area contributed by atoms with Crippen LogP contribution in [0, 0.1) is 11.8 Å². The number of urea groups is 1. The Morgan fingerprint density at radius 2 is 0.826 bits per heavy atom. The summed E-state index contributed by atoms with van der Waals surface area (Å²) >= 11 is 1.94. The second-order valence-corrected chi connectivity index (χ2v) is 28.2. The summed E-state index contributed by atoms with van der Waals surface area (Å²) in [6.45, 7) is 6.97.